The van der Waals surface area contributed by atoms with Gasteiger partial charge in [0.25, 0.3) is 0 Å². The number of hydrogen-bond acceptors (Lipinski definition) is 1. The topological polar surface area (TPSA) is 9.23 Å². The van der Waals surface area contributed by atoms with E-state index < -0.39 is 0 Å². The summed E-state index contributed by atoms with van der Waals surface area (Å²) < 4.78 is 6.07. The molecule has 0 aliphatic heterocycles. The summed E-state index contributed by atoms with van der Waals surface area (Å²) in [6, 6.07) is 11.1. The van der Waals surface area contributed by atoms with Gasteiger partial charge < -0.3 is 0 Å². The molecular formula is C18H29OSn. The van der Waals surface area contributed by atoms with Crippen LogP contribution in [-0.2, 0) is 8.49 Å². The van der Waals surface area contributed by atoms with Crippen LogP contribution in [0.1, 0.15) is 71.3 Å². The second kappa shape index (κ2) is 9.83. The van der Waals surface area contributed by atoms with Crippen molar-refractivity contribution in [3.8, 4) is 0 Å². The van der Waals surface area contributed by atoms with Gasteiger partial charge in [0.05, 0.1) is 0 Å². The summed E-state index contributed by atoms with van der Waals surface area (Å²) in [7, 11) is 0. The van der Waals surface area contributed by atoms with Crippen LogP contribution in [0.25, 0.3) is 0 Å². The van der Waals surface area contributed by atoms with Gasteiger partial charge in [0.15, 0.2) is 0 Å². The minimum atomic E-state index is 0.212. The van der Waals surface area contributed by atoms with Crippen LogP contribution in [0.15, 0.2) is 30.3 Å². The van der Waals surface area contributed by atoms with Crippen molar-refractivity contribution in [1.29, 1.82) is 0 Å². The van der Waals surface area contributed by atoms with Gasteiger partial charge in [-0.3, -0.25) is 0 Å². The Kier molecular flexibility index (Phi) is 8.86. The van der Waals surface area contributed by atoms with Gasteiger partial charge in [0.1, 0.15) is 0 Å². The predicted octanol–water partition coefficient (Wildman–Crippen LogP) is 5.18. The molecule has 1 unspecified atom stereocenters. The molecule has 3 radical (unpaired) electrons. The van der Waals surface area contributed by atoms with Crippen molar-refractivity contribution in [3.05, 3.63) is 35.9 Å². The third kappa shape index (κ3) is 4.49. The average Bonchev–Trinajstić information content (AvgIpc) is 2.49. The molecule has 1 nitrogen and oxygen atoms in total. The fourth-order valence-corrected chi connectivity index (χ4v) is 4.40. The summed E-state index contributed by atoms with van der Waals surface area (Å²) in [4.78, 5) is 0. The van der Waals surface area contributed by atoms with Crippen molar-refractivity contribution in [2.75, 3.05) is 0 Å². The SMILES string of the molecule is CCCCC([O][Sn])C(CCC)(CCC)c1ccccc1. The Morgan fingerprint density at radius 2 is 1.60 bits per heavy atom. The monoisotopic (exact) mass is 381 g/mol. The summed E-state index contributed by atoms with van der Waals surface area (Å²) in [5, 5.41) is 0. The number of unbranched alkanes of at least 4 members (excludes halogenated alkanes) is 1. The molecule has 2 heteroatoms. The molecule has 0 amide bonds. The fourth-order valence-electron chi connectivity index (χ4n) is 3.42. The molecule has 1 atom stereocenters. The molecule has 1 aromatic rings. The predicted molar refractivity (Wildman–Crippen MR) is 88.1 cm³/mol. The molecular weight excluding hydrogens is 351 g/mol. The summed E-state index contributed by atoms with van der Waals surface area (Å²) in [5.74, 6) is 0. The Balaban J connectivity index is 3.14. The van der Waals surface area contributed by atoms with Crippen LogP contribution in [0.4, 0.5) is 0 Å². The second-order valence-corrected chi connectivity index (χ2v) is 6.44. The quantitative estimate of drug-likeness (QED) is 0.508. The molecule has 0 heterocycles. The molecule has 0 saturated heterocycles. The zero-order chi connectivity index (χ0) is 14.8. The Hall–Kier alpha value is -0.0213. The molecule has 0 bridgehead atoms. The van der Waals surface area contributed by atoms with Gasteiger partial charge in [0.2, 0.25) is 0 Å². The maximum absolute atomic E-state index is 6.07. The Bertz CT molecular complexity index is 344. The Morgan fingerprint density at radius 3 is 2.05 bits per heavy atom. The Morgan fingerprint density at radius 1 is 1.00 bits per heavy atom. The maximum atomic E-state index is 6.07. The molecule has 0 fully saturated rings. The third-order valence-electron chi connectivity index (χ3n) is 4.32. The van der Waals surface area contributed by atoms with Gasteiger partial charge in [0, 0.05) is 0 Å². The molecule has 111 valence electrons. The van der Waals surface area contributed by atoms with E-state index in [1.165, 1.54) is 73.4 Å². The first-order valence-electron chi connectivity index (χ1n) is 8.13. The average molecular weight is 380 g/mol. The number of hydrogen-bond donors (Lipinski definition) is 0. The molecule has 0 N–H and O–H groups in total. The van der Waals surface area contributed by atoms with Gasteiger partial charge in [-0.05, 0) is 0 Å². The van der Waals surface area contributed by atoms with Gasteiger partial charge in [-0.15, -0.1) is 0 Å². The molecule has 0 spiro atoms. The zero-order valence-corrected chi connectivity index (χ0v) is 16.2. The van der Waals surface area contributed by atoms with Crippen molar-refractivity contribution in [2.45, 2.75) is 77.2 Å². The first-order chi connectivity index (χ1) is 9.75. The van der Waals surface area contributed by atoms with E-state index in [9.17, 15) is 0 Å². The van der Waals surface area contributed by atoms with Crippen molar-refractivity contribution in [3.63, 3.8) is 0 Å². The van der Waals surface area contributed by atoms with E-state index >= 15 is 0 Å². The molecule has 1 aromatic carbocycles. The van der Waals surface area contributed by atoms with Crippen molar-refractivity contribution < 1.29 is 3.07 Å². The molecule has 0 aromatic heterocycles. The summed E-state index contributed by atoms with van der Waals surface area (Å²) in [6.45, 7) is 6.87. The van der Waals surface area contributed by atoms with Crippen LogP contribution in [0.5, 0.6) is 0 Å². The van der Waals surface area contributed by atoms with Gasteiger partial charge in [-0.2, -0.15) is 0 Å². The second-order valence-electron chi connectivity index (χ2n) is 5.77. The van der Waals surface area contributed by atoms with Gasteiger partial charge in [-0.25, -0.2) is 0 Å². The molecule has 0 saturated carbocycles. The Labute approximate surface area is 139 Å². The van der Waals surface area contributed by atoms with Crippen LogP contribution in [0.3, 0.4) is 0 Å². The fraction of sp³-hybridized carbons (Fsp3) is 0.667. The van der Waals surface area contributed by atoms with Crippen LogP contribution < -0.4 is 0 Å². The third-order valence-corrected chi connectivity index (χ3v) is 5.13. The van der Waals surface area contributed by atoms with Crippen molar-refractivity contribution in [2.24, 2.45) is 0 Å². The van der Waals surface area contributed by atoms with Crippen LogP contribution in [0.2, 0.25) is 0 Å². The first-order valence-corrected chi connectivity index (χ1v) is 9.29. The molecule has 1 rings (SSSR count). The van der Waals surface area contributed by atoms with Crippen LogP contribution in [0, 0.1) is 0 Å². The minimum absolute atomic E-state index is 0.212. The van der Waals surface area contributed by atoms with Gasteiger partial charge >= 0.3 is 139 Å². The van der Waals surface area contributed by atoms with Crippen LogP contribution >= 0.6 is 0 Å². The van der Waals surface area contributed by atoms with E-state index in [0.717, 1.165) is 0 Å². The summed E-state index contributed by atoms with van der Waals surface area (Å²) in [5.41, 5.74) is 1.69. The van der Waals surface area contributed by atoms with E-state index in [1.54, 1.807) is 0 Å². The van der Waals surface area contributed by atoms with Crippen molar-refractivity contribution >= 4 is 22.9 Å². The van der Waals surface area contributed by atoms with E-state index in [2.05, 4.69) is 51.1 Å². The van der Waals surface area contributed by atoms with E-state index in [4.69, 9.17) is 3.07 Å². The number of rotatable bonds is 10. The van der Waals surface area contributed by atoms with Gasteiger partial charge in [-0.1, -0.05) is 0 Å². The number of benzene rings is 1. The molecule has 0 aliphatic carbocycles. The van der Waals surface area contributed by atoms with E-state index in [-0.39, 0.29) is 5.41 Å². The zero-order valence-electron chi connectivity index (χ0n) is 13.3. The van der Waals surface area contributed by atoms with Crippen molar-refractivity contribution in [1.82, 2.24) is 0 Å². The standard InChI is InChI=1S/C18H29O.Sn/c1-4-7-13-17(19)18(14-5-2,15-6-3)16-11-9-8-10-12-16;/h8-12,17H,4-7,13-15H2,1-3H3;/q-1;+1. The molecule has 20 heavy (non-hydrogen) atoms. The molecule has 0 aliphatic rings. The summed E-state index contributed by atoms with van der Waals surface area (Å²) in [6.07, 6.45) is 8.98. The summed E-state index contributed by atoms with van der Waals surface area (Å²) >= 11 is 1.21. The van der Waals surface area contributed by atoms with Crippen LogP contribution in [-0.4, -0.2) is 29.0 Å². The van der Waals surface area contributed by atoms with E-state index in [0.29, 0.717) is 6.10 Å². The van der Waals surface area contributed by atoms with E-state index in [1.807, 2.05) is 0 Å². The first kappa shape index (κ1) is 18.0. The normalized spacial score (nSPS) is 13.4.